The van der Waals surface area contributed by atoms with Crippen molar-refractivity contribution in [3.63, 3.8) is 0 Å². The van der Waals surface area contributed by atoms with E-state index in [0.29, 0.717) is 18.2 Å². The van der Waals surface area contributed by atoms with Crippen molar-refractivity contribution in [3.8, 4) is 0 Å². The van der Waals surface area contributed by atoms with Crippen LogP contribution in [-0.2, 0) is 10.2 Å². The molecule has 2 aromatic rings. The second-order valence-corrected chi connectivity index (χ2v) is 9.02. The van der Waals surface area contributed by atoms with Crippen molar-refractivity contribution in [1.82, 2.24) is 10.2 Å². The van der Waals surface area contributed by atoms with Gasteiger partial charge < -0.3 is 14.6 Å². The van der Waals surface area contributed by atoms with Crippen LogP contribution in [0.4, 0.5) is 0 Å². The Hall–Kier alpha value is -2.56. The molecule has 3 aliphatic rings. The highest BCUT2D eigenvalue weighted by Gasteiger charge is 2.46. The summed E-state index contributed by atoms with van der Waals surface area (Å²) in [5.41, 5.74) is 2.81. The lowest BCUT2D eigenvalue weighted by molar-refractivity contribution is -0.121. The predicted octanol–water partition coefficient (Wildman–Crippen LogP) is 3.92. The number of rotatable bonds is 4. The number of hydrogen-bond donors (Lipinski definition) is 1. The molecule has 5 nitrogen and oxygen atoms in total. The molecule has 1 saturated heterocycles. The van der Waals surface area contributed by atoms with E-state index in [1.807, 2.05) is 17.9 Å². The molecular weight excluding hydrogens is 364 g/mol. The third-order valence-electron chi connectivity index (χ3n) is 6.94. The number of aryl methyl sites for hydroxylation is 1. The molecule has 5 rings (SSSR count). The Kier molecular flexibility index (Phi) is 4.49. The van der Waals surface area contributed by atoms with Crippen LogP contribution in [0.3, 0.4) is 0 Å². The lowest BCUT2D eigenvalue weighted by atomic mass is 9.73. The summed E-state index contributed by atoms with van der Waals surface area (Å²) in [6.07, 6.45) is 5.70. The fraction of sp³-hybridized carbons (Fsp3) is 0.500. The molecule has 2 fully saturated rings. The number of hydrogen-bond acceptors (Lipinski definition) is 3. The predicted molar refractivity (Wildman–Crippen MR) is 110 cm³/mol. The van der Waals surface area contributed by atoms with Gasteiger partial charge in [0.1, 0.15) is 5.76 Å². The average molecular weight is 392 g/mol. The first kappa shape index (κ1) is 18.5. The molecule has 1 spiro atoms. The Morgan fingerprint density at radius 2 is 1.90 bits per heavy atom. The molecule has 1 aliphatic heterocycles. The van der Waals surface area contributed by atoms with E-state index in [9.17, 15) is 9.59 Å². The maximum absolute atomic E-state index is 12.8. The standard InChI is InChI=1S/C24H28N2O3/c1-16-6-9-21(29-16)23(28)26-12-10-24(11-13-26)15-17(14-22(27)25-18-7-8-18)19-4-2-3-5-20(19)24/h2-6,9,17-18H,7-8,10-15H2,1H3,(H,25,27). The third kappa shape index (κ3) is 3.47. The summed E-state index contributed by atoms with van der Waals surface area (Å²) in [4.78, 5) is 27.1. The van der Waals surface area contributed by atoms with Crippen LogP contribution in [-0.4, -0.2) is 35.8 Å². The van der Waals surface area contributed by atoms with Crippen LogP contribution < -0.4 is 5.32 Å². The van der Waals surface area contributed by atoms with Crippen LogP contribution >= 0.6 is 0 Å². The molecule has 1 aromatic carbocycles. The van der Waals surface area contributed by atoms with Gasteiger partial charge in [0.05, 0.1) is 0 Å². The third-order valence-corrected chi connectivity index (χ3v) is 6.94. The quantitative estimate of drug-likeness (QED) is 0.858. The molecule has 1 aromatic heterocycles. The molecule has 1 saturated carbocycles. The SMILES string of the molecule is Cc1ccc(C(=O)N2CCC3(CC2)CC(CC(=O)NC2CC2)c2ccccc23)o1. The van der Waals surface area contributed by atoms with Crippen LogP contribution in [0.5, 0.6) is 0 Å². The molecule has 0 bridgehead atoms. The molecule has 2 aliphatic carbocycles. The minimum atomic E-state index is -0.0143. The molecule has 1 N–H and O–H groups in total. The number of piperidine rings is 1. The Morgan fingerprint density at radius 3 is 2.59 bits per heavy atom. The molecule has 2 amide bonds. The molecular formula is C24H28N2O3. The lowest BCUT2D eigenvalue weighted by Gasteiger charge is -2.40. The molecule has 1 atom stereocenters. The summed E-state index contributed by atoms with van der Waals surface area (Å²) in [6.45, 7) is 3.32. The van der Waals surface area contributed by atoms with Crippen LogP contribution in [0.15, 0.2) is 40.8 Å². The van der Waals surface area contributed by atoms with Gasteiger partial charge in [0.15, 0.2) is 5.76 Å². The number of nitrogens with one attached hydrogen (secondary N) is 1. The lowest BCUT2D eigenvalue weighted by Crippen LogP contribution is -2.44. The number of likely N-dealkylation sites (tertiary alicyclic amines) is 1. The highest BCUT2D eigenvalue weighted by Crippen LogP contribution is 2.52. The molecule has 1 unspecified atom stereocenters. The zero-order valence-corrected chi connectivity index (χ0v) is 16.9. The maximum Gasteiger partial charge on any atom is 0.289 e. The van der Waals surface area contributed by atoms with Crippen molar-refractivity contribution in [3.05, 3.63) is 59.0 Å². The van der Waals surface area contributed by atoms with E-state index in [1.54, 1.807) is 6.07 Å². The van der Waals surface area contributed by atoms with Crippen LogP contribution in [0.2, 0.25) is 0 Å². The number of fused-ring (bicyclic) bond motifs is 2. The van der Waals surface area contributed by atoms with Gasteiger partial charge >= 0.3 is 0 Å². The first-order chi connectivity index (χ1) is 14.0. The average Bonchev–Trinajstić information content (AvgIpc) is 3.35. The van der Waals surface area contributed by atoms with Crippen molar-refractivity contribution >= 4 is 11.8 Å². The summed E-state index contributed by atoms with van der Waals surface area (Å²) < 4.78 is 5.53. The normalized spacial score (nSPS) is 22.5. The minimum Gasteiger partial charge on any atom is -0.456 e. The number of amides is 2. The largest absolute Gasteiger partial charge is 0.456 e. The van der Waals surface area contributed by atoms with E-state index >= 15 is 0 Å². The van der Waals surface area contributed by atoms with E-state index in [4.69, 9.17) is 4.42 Å². The van der Waals surface area contributed by atoms with E-state index in [1.165, 1.54) is 11.1 Å². The number of carbonyl (C=O) groups is 2. The first-order valence-corrected chi connectivity index (χ1v) is 10.8. The van der Waals surface area contributed by atoms with Crippen molar-refractivity contribution in [2.45, 2.75) is 62.8 Å². The van der Waals surface area contributed by atoms with Crippen LogP contribution in [0.1, 0.15) is 71.9 Å². The van der Waals surface area contributed by atoms with E-state index < -0.39 is 0 Å². The monoisotopic (exact) mass is 392 g/mol. The zero-order valence-electron chi connectivity index (χ0n) is 16.9. The Labute approximate surface area is 171 Å². The summed E-state index contributed by atoms with van der Waals surface area (Å²) in [5, 5.41) is 3.14. The van der Waals surface area contributed by atoms with Crippen molar-refractivity contribution in [1.29, 1.82) is 0 Å². The molecule has 29 heavy (non-hydrogen) atoms. The van der Waals surface area contributed by atoms with Gasteiger partial charge in [-0.2, -0.15) is 0 Å². The summed E-state index contributed by atoms with van der Waals surface area (Å²) in [6, 6.07) is 12.6. The van der Waals surface area contributed by atoms with Gasteiger partial charge in [0.2, 0.25) is 5.91 Å². The van der Waals surface area contributed by atoms with Crippen LogP contribution in [0.25, 0.3) is 0 Å². The number of nitrogens with zero attached hydrogens (tertiary/aromatic N) is 1. The molecule has 5 heteroatoms. The zero-order chi connectivity index (χ0) is 20.0. The Morgan fingerprint density at radius 1 is 1.14 bits per heavy atom. The summed E-state index contributed by atoms with van der Waals surface area (Å²) in [5.74, 6) is 1.64. The van der Waals surface area contributed by atoms with Gasteiger partial charge in [0, 0.05) is 25.6 Å². The highest BCUT2D eigenvalue weighted by molar-refractivity contribution is 5.91. The Balaban J connectivity index is 1.30. The van der Waals surface area contributed by atoms with Crippen molar-refractivity contribution in [2.75, 3.05) is 13.1 Å². The van der Waals surface area contributed by atoms with E-state index in [2.05, 4.69) is 29.6 Å². The van der Waals surface area contributed by atoms with Gasteiger partial charge in [-0.15, -0.1) is 0 Å². The number of benzene rings is 1. The summed E-state index contributed by atoms with van der Waals surface area (Å²) in [7, 11) is 0. The fourth-order valence-electron chi connectivity index (χ4n) is 5.26. The number of carbonyl (C=O) groups excluding carboxylic acids is 2. The fourth-order valence-corrected chi connectivity index (χ4v) is 5.26. The van der Waals surface area contributed by atoms with Crippen molar-refractivity contribution in [2.24, 2.45) is 0 Å². The van der Waals surface area contributed by atoms with Crippen LogP contribution in [0, 0.1) is 6.92 Å². The van der Waals surface area contributed by atoms with E-state index in [0.717, 1.165) is 51.0 Å². The Bertz CT molecular complexity index is 935. The van der Waals surface area contributed by atoms with Gasteiger partial charge in [0.25, 0.3) is 5.91 Å². The van der Waals surface area contributed by atoms with Gasteiger partial charge in [-0.1, -0.05) is 24.3 Å². The van der Waals surface area contributed by atoms with Gasteiger partial charge in [-0.25, -0.2) is 0 Å². The molecule has 2 heterocycles. The second-order valence-electron chi connectivity index (χ2n) is 9.02. The second kappa shape index (κ2) is 7.05. The maximum atomic E-state index is 12.8. The molecule has 152 valence electrons. The van der Waals surface area contributed by atoms with Crippen molar-refractivity contribution < 1.29 is 14.0 Å². The first-order valence-electron chi connectivity index (χ1n) is 10.8. The summed E-state index contributed by atoms with van der Waals surface area (Å²) >= 11 is 0. The molecule has 0 radical (unpaired) electrons. The van der Waals surface area contributed by atoms with Gasteiger partial charge in [-0.3, -0.25) is 9.59 Å². The van der Waals surface area contributed by atoms with Gasteiger partial charge in [-0.05, 0) is 73.6 Å². The smallest absolute Gasteiger partial charge is 0.289 e. The highest BCUT2D eigenvalue weighted by atomic mass is 16.3. The van der Waals surface area contributed by atoms with E-state index in [-0.39, 0.29) is 23.1 Å². The number of furan rings is 1. The topological polar surface area (TPSA) is 62.6 Å². The minimum absolute atomic E-state index is 0.0143.